The first-order valence-electron chi connectivity index (χ1n) is 5.95. The third-order valence-electron chi connectivity index (χ3n) is 3.12. The Kier molecular flexibility index (Phi) is 4.70. The molecule has 1 amide bonds. The van der Waals surface area contributed by atoms with Crippen LogP contribution < -0.4 is 10.6 Å². The molecule has 1 aromatic carbocycles. The van der Waals surface area contributed by atoms with Crippen molar-refractivity contribution in [1.82, 2.24) is 5.32 Å². The largest absolute Gasteiger partial charge is 0.324 e. The second-order valence-electron chi connectivity index (χ2n) is 4.52. The normalized spacial score (nSPS) is 16.3. The van der Waals surface area contributed by atoms with Gasteiger partial charge in [-0.1, -0.05) is 12.1 Å². The first-order valence-corrected chi connectivity index (χ1v) is 7.97. The summed E-state index contributed by atoms with van der Waals surface area (Å²) in [5.41, 5.74) is 0.815. The molecule has 0 saturated heterocycles. The third kappa shape index (κ3) is 3.73. The van der Waals surface area contributed by atoms with Crippen LogP contribution >= 0.6 is 27.7 Å². The summed E-state index contributed by atoms with van der Waals surface area (Å²) < 4.78 is 1.30. The molecule has 2 rings (SSSR count). The van der Waals surface area contributed by atoms with Gasteiger partial charge >= 0.3 is 0 Å². The monoisotopic (exact) mass is 328 g/mol. The zero-order chi connectivity index (χ0) is 13.0. The van der Waals surface area contributed by atoms with Crippen LogP contribution in [0.15, 0.2) is 28.7 Å². The van der Waals surface area contributed by atoms with Crippen molar-refractivity contribution >= 4 is 39.3 Å². The van der Waals surface area contributed by atoms with Gasteiger partial charge in [-0.3, -0.25) is 4.79 Å². The summed E-state index contributed by atoms with van der Waals surface area (Å²) in [4.78, 5) is 11.8. The third-order valence-corrected chi connectivity index (χ3v) is 5.23. The number of hydrogen-bond acceptors (Lipinski definition) is 3. The molecule has 1 fully saturated rings. The van der Waals surface area contributed by atoms with Crippen molar-refractivity contribution in [3.63, 3.8) is 0 Å². The smallest absolute Gasteiger partial charge is 0.238 e. The van der Waals surface area contributed by atoms with Crippen molar-refractivity contribution in [3.8, 4) is 0 Å². The fourth-order valence-electron chi connectivity index (χ4n) is 1.75. The molecule has 0 bridgehead atoms. The Morgan fingerprint density at radius 2 is 2.17 bits per heavy atom. The molecule has 3 nitrogen and oxygen atoms in total. The number of carbonyl (C=O) groups excluding carboxylic acids is 1. The van der Waals surface area contributed by atoms with Crippen molar-refractivity contribution in [2.75, 3.05) is 24.7 Å². The van der Waals surface area contributed by atoms with E-state index < -0.39 is 0 Å². The van der Waals surface area contributed by atoms with E-state index in [2.05, 4.69) is 32.8 Å². The number of anilines is 1. The molecular formula is C13H17BrN2OS. The summed E-state index contributed by atoms with van der Waals surface area (Å²) >= 11 is 5.30. The van der Waals surface area contributed by atoms with E-state index in [-0.39, 0.29) is 5.91 Å². The van der Waals surface area contributed by atoms with E-state index in [4.69, 9.17) is 0 Å². The van der Waals surface area contributed by atoms with Crippen molar-refractivity contribution in [3.05, 3.63) is 28.7 Å². The molecule has 1 saturated carbocycles. The number of rotatable bonds is 6. The number of benzene rings is 1. The lowest BCUT2D eigenvalue weighted by atomic mass is 10.3. The molecule has 18 heavy (non-hydrogen) atoms. The van der Waals surface area contributed by atoms with E-state index in [1.807, 2.05) is 36.0 Å². The summed E-state index contributed by atoms with van der Waals surface area (Å²) in [5, 5.41) is 6.11. The summed E-state index contributed by atoms with van der Waals surface area (Å²) in [7, 11) is 0. The Balaban J connectivity index is 1.74. The number of para-hydroxylation sites is 1. The highest BCUT2D eigenvalue weighted by Gasteiger charge is 2.41. The van der Waals surface area contributed by atoms with Gasteiger partial charge in [-0.2, -0.15) is 11.8 Å². The first-order chi connectivity index (χ1) is 8.65. The van der Waals surface area contributed by atoms with E-state index >= 15 is 0 Å². The Hall–Kier alpha value is -0.520. The molecule has 2 N–H and O–H groups in total. The number of thioether (sulfide) groups is 1. The van der Waals surface area contributed by atoms with Crippen LogP contribution in [-0.4, -0.2) is 30.0 Å². The zero-order valence-electron chi connectivity index (χ0n) is 10.3. The number of carbonyl (C=O) groups is 1. The standard InChI is InChI=1S/C13H17BrN2OS/c1-18-13(6-7-13)9-15-8-12(17)16-11-5-3-2-4-10(11)14/h2-5,15H,6-9H2,1H3,(H,16,17). The summed E-state index contributed by atoms with van der Waals surface area (Å²) in [6, 6.07) is 7.62. The zero-order valence-corrected chi connectivity index (χ0v) is 12.7. The minimum Gasteiger partial charge on any atom is -0.324 e. The van der Waals surface area contributed by atoms with Crippen molar-refractivity contribution in [1.29, 1.82) is 0 Å². The average molecular weight is 329 g/mol. The van der Waals surface area contributed by atoms with Crippen molar-refractivity contribution < 1.29 is 4.79 Å². The molecular weight excluding hydrogens is 312 g/mol. The van der Waals surface area contributed by atoms with Gasteiger partial charge < -0.3 is 10.6 Å². The summed E-state index contributed by atoms with van der Waals surface area (Å²) in [6.45, 7) is 1.28. The van der Waals surface area contributed by atoms with Crippen molar-refractivity contribution in [2.45, 2.75) is 17.6 Å². The summed E-state index contributed by atoms with van der Waals surface area (Å²) in [6.07, 6.45) is 4.65. The molecule has 1 aromatic rings. The predicted molar refractivity (Wildman–Crippen MR) is 81.1 cm³/mol. The Labute approximate surface area is 120 Å². The molecule has 1 aliphatic carbocycles. The molecule has 5 heteroatoms. The van der Waals surface area contributed by atoms with E-state index in [0.717, 1.165) is 16.7 Å². The van der Waals surface area contributed by atoms with Gasteiger partial charge in [0.05, 0.1) is 12.2 Å². The molecule has 1 aliphatic rings. The SMILES string of the molecule is CSC1(CNCC(=O)Nc2ccccc2Br)CC1. The molecule has 0 unspecified atom stereocenters. The maximum Gasteiger partial charge on any atom is 0.238 e. The fraction of sp³-hybridized carbons (Fsp3) is 0.462. The lowest BCUT2D eigenvalue weighted by Gasteiger charge is -2.13. The number of hydrogen-bond donors (Lipinski definition) is 2. The highest BCUT2D eigenvalue weighted by Crippen LogP contribution is 2.46. The number of amides is 1. The van der Waals surface area contributed by atoms with E-state index in [1.165, 1.54) is 12.8 Å². The second kappa shape index (κ2) is 6.08. The van der Waals surface area contributed by atoms with E-state index in [9.17, 15) is 4.79 Å². The highest BCUT2D eigenvalue weighted by molar-refractivity contribution is 9.10. The van der Waals surface area contributed by atoms with Crippen LogP contribution in [0.25, 0.3) is 0 Å². The van der Waals surface area contributed by atoms with Crippen LogP contribution in [0.5, 0.6) is 0 Å². The van der Waals surface area contributed by atoms with Gasteiger partial charge in [-0.05, 0) is 47.2 Å². The Morgan fingerprint density at radius 1 is 1.44 bits per heavy atom. The second-order valence-corrected chi connectivity index (χ2v) is 6.65. The van der Waals surface area contributed by atoms with Crippen LogP contribution in [0.1, 0.15) is 12.8 Å². The number of nitrogens with one attached hydrogen (secondary N) is 2. The molecule has 0 aliphatic heterocycles. The molecule has 0 heterocycles. The predicted octanol–water partition coefficient (Wildman–Crippen LogP) is 2.87. The fourth-order valence-corrected chi connectivity index (χ4v) is 2.89. The van der Waals surface area contributed by atoms with Crippen LogP contribution in [0, 0.1) is 0 Å². The topological polar surface area (TPSA) is 41.1 Å². The lowest BCUT2D eigenvalue weighted by Crippen LogP contribution is -2.33. The van der Waals surface area contributed by atoms with Gasteiger partial charge in [-0.15, -0.1) is 0 Å². The summed E-state index contributed by atoms with van der Waals surface area (Å²) in [5.74, 6) is -0.00111. The molecule has 0 atom stereocenters. The molecule has 98 valence electrons. The van der Waals surface area contributed by atoms with Gasteiger partial charge in [0.25, 0.3) is 0 Å². The van der Waals surface area contributed by atoms with Crippen LogP contribution in [-0.2, 0) is 4.79 Å². The van der Waals surface area contributed by atoms with Crippen LogP contribution in [0.3, 0.4) is 0 Å². The van der Waals surface area contributed by atoms with Gasteiger partial charge in [0.15, 0.2) is 0 Å². The lowest BCUT2D eigenvalue weighted by molar-refractivity contribution is -0.115. The quantitative estimate of drug-likeness (QED) is 0.843. The van der Waals surface area contributed by atoms with Crippen molar-refractivity contribution in [2.24, 2.45) is 0 Å². The minimum absolute atomic E-state index is 0.00111. The van der Waals surface area contributed by atoms with Gasteiger partial charge in [0.1, 0.15) is 0 Å². The minimum atomic E-state index is -0.00111. The van der Waals surface area contributed by atoms with E-state index in [1.54, 1.807) is 0 Å². The highest BCUT2D eigenvalue weighted by atomic mass is 79.9. The Morgan fingerprint density at radius 3 is 2.78 bits per heavy atom. The van der Waals surface area contributed by atoms with Gasteiger partial charge in [0, 0.05) is 15.8 Å². The maximum absolute atomic E-state index is 11.8. The number of halogens is 1. The first kappa shape index (κ1) is 13.9. The Bertz CT molecular complexity index is 435. The van der Waals surface area contributed by atoms with Gasteiger partial charge in [-0.25, -0.2) is 0 Å². The molecule has 0 aromatic heterocycles. The average Bonchev–Trinajstić information content (AvgIpc) is 3.13. The van der Waals surface area contributed by atoms with Crippen LogP contribution in [0.2, 0.25) is 0 Å². The molecule has 0 radical (unpaired) electrons. The molecule has 0 spiro atoms. The maximum atomic E-state index is 11.8. The van der Waals surface area contributed by atoms with Crippen LogP contribution in [0.4, 0.5) is 5.69 Å². The van der Waals surface area contributed by atoms with E-state index in [0.29, 0.717) is 11.3 Å². The van der Waals surface area contributed by atoms with Gasteiger partial charge in [0.2, 0.25) is 5.91 Å².